The standard InChI is InChI=1S/C12H13BrN2/c1-9-11(13)5-2-6-12(9)15-8-10-4-3-7-14-10/h2-7,14-15H,8H2,1H3. The van der Waals surface area contributed by atoms with E-state index in [1.54, 1.807) is 0 Å². The third-order valence-electron chi connectivity index (χ3n) is 2.40. The van der Waals surface area contributed by atoms with Gasteiger partial charge in [-0.2, -0.15) is 0 Å². The van der Waals surface area contributed by atoms with Crippen LogP contribution in [0.1, 0.15) is 11.3 Å². The molecule has 2 nitrogen and oxygen atoms in total. The first-order valence-electron chi connectivity index (χ1n) is 4.88. The molecule has 2 N–H and O–H groups in total. The van der Waals surface area contributed by atoms with E-state index in [4.69, 9.17) is 0 Å². The number of hydrogen-bond acceptors (Lipinski definition) is 1. The Labute approximate surface area is 97.8 Å². The molecule has 0 radical (unpaired) electrons. The lowest BCUT2D eigenvalue weighted by molar-refractivity contribution is 1.07. The lowest BCUT2D eigenvalue weighted by atomic mass is 10.2. The topological polar surface area (TPSA) is 27.8 Å². The monoisotopic (exact) mass is 264 g/mol. The van der Waals surface area contributed by atoms with Gasteiger partial charge in [-0.15, -0.1) is 0 Å². The molecule has 1 aromatic heterocycles. The number of nitrogens with one attached hydrogen (secondary N) is 2. The molecule has 0 unspecified atom stereocenters. The molecule has 0 aliphatic heterocycles. The van der Waals surface area contributed by atoms with E-state index in [-0.39, 0.29) is 0 Å². The Kier molecular flexibility index (Phi) is 3.11. The van der Waals surface area contributed by atoms with Gasteiger partial charge in [-0.05, 0) is 36.8 Å². The van der Waals surface area contributed by atoms with Gasteiger partial charge in [0.05, 0.1) is 6.54 Å². The van der Waals surface area contributed by atoms with Crippen LogP contribution in [-0.2, 0) is 6.54 Å². The number of aromatic amines is 1. The van der Waals surface area contributed by atoms with Gasteiger partial charge >= 0.3 is 0 Å². The molecule has 0 bridgehead atoms. The summed E-state index contributed by atoms with van der Waals surface area (Å²) < 4.78 is 1.14. The van der Waals surface area contributed by atoms with Crippen molar-refractivity contribution in [2.75, 3.05) is 5.32 Å². The van der Waals surface area contributed by atoms with E-state index in [1.807, 2.05) is 18.3 Å². The van der Waals surface area contributed by atoms with Gasteiger partial charge in [0, 0.05) is 22.1 Å². The fourth-order valence-corrected chi connectivity index (χ4v) is 1.83. The summed E-state index contributed by atoms with van der Waals surface area (Å²) in [6.07, 6.45) is 1.94. The summed E-state index contributed by atoms with van der Waals surface area (Å²) in [6, 6.07) is 10.2. The van der Waals surface area contributed by atoms with Crippen molar-refractivity contribution in [2.45, 2.75) is 13.5 Å². The van der Waals surface area contributed by atoms with Crippen LogP contribution in [-0.4, -0.2) is 4.98 Å². The van der Waals surface area contributed by atoms with Crippen molar-refractivity contribution >= 4 is 21.6 Å². The molecule has 0 aliphatic carbocycles. The Morgan fingerprint density at radius 1 is 1.27 bits per heavy atom. The maximum Gasteiger partial charge on any atom is 0.0551 e. The highest BCUT2D eigenvalue weighted by Gasteiger charge is 2.00. The molecule has 2 aromatic rings. The van der Waals surface area contributed by atoms with Crippen LogP contribution in [0.2, 0.25) is 0 Å². The molecule has 0 saturated heterocycles. The number of hydrogen-bond donors (Lipinski definition) is 2. The second kappa shape index (κ2) is 4.53. The van der Waals surface area contributed by atoms with E-state index < -0.39 is 0 Å². The second-order valence-corrected chi connectivity index (χ2v) is 4.32. The average Bonchev–Trinajstić information content (AvgIpc) is 2.73. The zero-order chi connectivity index (χ0) is 10.7. The van der Waals surface area contributed by atoms with Gasteiger partial charge in [0.15, 0.2) is 0 Å². The van der Waals surface area contributed by atoms with Crippen LogP contribution in [0.4, 0.5) is 5.69 Å². The van der Waals surface area contributed by atoms with E-state index in [2.05, 4.69) is 51.4 Å². The predicted molar refractivity (Wildman–Crippen MR) is 67.0 cm³/mol. The van der Waals surface area contributed by atoms with Gasteiger partial charge in [0.1, 0.15) is 0 Å². The van der Waals surface area contributed by atoms with Crippen molar-refractivity contribution in [3.8, 4) is 0 Å². The molecule has 0 fully saturated rings. The third kappa shape index (κ3) is 2.42. The van der Waals surface area contributed by atoms with Gasteiger partial charge in [-0.1, -0.05) is 22.0 Å². The Balaban J connectivity index is 2.08. The van der Waals surface area contributed by atoms with Crippen molar-refractivity contribution < 1.29 is 0 Å². The molecule has 78 valence electrons. The summed E-state index contributed by atoms with van der Waals surface area (Å²) in [4.78, 5) is 3.17. The highest BCUT2D eigenvalue weighted by Crippen LogP contribution is 2.23. The lowest BCUT2D eigenvalue weighted by Crippen LogP contribution is -2.01. The normalized spacial score (nSPS) is 10.3. The first kappa shape index (κ1) is 10.3. The zero-order valence-corrected chi connectivity index (χ0v) is 10.1. The SMILES string of the molecule is Cc1c(Br)cccc1NCc1ccc[nH]1. The largest absolute Gasteiger partial charge is 0.379 e. The number of anilines is 1. The van der Waals surface area contributed by atoms with Crippen molar-refractivity contribution in [1.29, 1.82) is 0 Å². The quantitative estimate of drug-likeness (QED) is 0.870. The van der Waals surface area contributed by atoms with Crippen LogP contribution in [0.25, 0.3) is 0 Å². The summed E-state index contributed by atoms with van der Waals surface area (Å²) in [5.74, 6) is 0. The van der Waals surface area contributed by atoms with Gasteiger partial charge in [-0.3, -0.25) is 0 Å². The van der Waals surface area contributed by atoms with Gasteiger partial charge < -0.3 is 10.3 Å². The van der Waals surface area contributed by atoms with Crippen LogP contribution >= 0.6 is 15.9 Å². The van der Waals surface area contributed by atoms with Crippen molar-refractivity contribution in [3.05, 3.63) is 52.3 Å². The maximum absolute atomic E-state index is 3.52. The number of rotatable bonds is 3. The van der Waals surface area contributed by atoms with E-state index in [0.29, 0.717) is 0 Å². The summed E-state index contributed by atoms with van der Waals surface area (Å²) in [6.45, 7) is 2.92. The third-order valence-corrected chi connectivity index (χ3v) is 3.26. The van der Waals surface area contributed by atoms with Gasteiger partial charge in [0.25, 0.3) is 0 Å². The van der Waals surface area contributed by atoms with E-state index >= 15 is 0 Å². The van der Waals surface area contributed by atoms with Crippen molar-refractivity contribution in [2.24, 2.45) is 0 Å². The van der Waals surface area contributed by atoms with Crippen LogP contribution in [0, 0.1) is 6.92 Å². The number of halogens is 1. The Bertz CT molecular complexity index is 435. The van der Waals surface area contributed by atoms with Crippen molar-refractivity contribution in [3.63, 3.8) is 0 Å². The minimum absolute atomic E-state index is 0.824. The Morgan fingerprint density at radius 3 is 2.87 bits per heavy atom. The van der Waals surface area contributed by atoms with Crippen LogP contribution < -0.4 is 5.32 Å². The molecule has 1 heterocycles. The average molecular weight is 265 g/mol. The van der Waals surface area contributed by atoms with E-state index in [0.717, 1.165) is 11.0 Å². The molecule has 0 saturated carbocycles. The minimum atomic E-state index is 0.824. The number of benzene rings is 1. The van der Waals surface area contributed by atoms with Crippen molar-refractivity contribution in [1.82, 2.24) is 4.98 Å². The molecule has 0 spiro atoms. The molecular formula is C12H13BrN2. The number of H-pyrrole nitrogens is 1. The van der Waals surface area contributed by atoms with Gasteiger partial charge in [0.2, 0.25) is 0 Å². The fraction of sp³-hybridized carbons (Fsp3) is 0.167. The summed E-state index contributed by atoms with van der Waals surface area (Å²) in [5.41, 5.74) is 3.59. The Morgan fingerprint density at radius 2 is 2.13 bits per heavy atom. The molecule has 0 amide bonds. The summed E-state index contributed by atoms with van der Waals surface area (Å²) in [7, 11) is 0. The molecule has 2 rings (SSSR count). The summed E-state index contributed by atoms with van der Waals surface area (Å²) >= 11 is 3.52. The lowest BCUT2D eigenvalue weighted by Gasteiger charge is -2.09. The predicted octanol–water partition coefficient (Wildman–Crippen LogP) is 3.70. The van der Waals surface area contributed by atoms with Crippen LogP contribution in [0.5, 0.6) is 0 Å². The number of aromatic nitrogens is 1. The van der Waals surface area contributed by atoms with E-state index in [1.165, 1.54) is 16.9 Å². The minimum Gasteiger partial charge on any atom is -0.379 e. The van der Waals surface area contributed by atoms with Gasteiger partial charge in [-0.25, -0.2) is 0 Å². The second-order valence-electron chi connectivity index (χ2n) is 3.46. The molecule has 0 atom stereocenters. The maximum atomic E-state index is 3.52. The highest BCUT2D eigenvalue weighted by atomic mass is 79.9. The van der Waals surface area contributed by atoms with E-state index in [9.17, 15) is 0 Å². The fourth-order valence-electron chi connectivity index (χ4n) is 1.47. The summed E-state index contributed by atoms with van der Waals surface area (Å²) in [5, 5.41) is 3.39. The van der Waals surface area contributed by atoms with Crippen LogP contribution in [0.3, 0.4) is 0 Å². The highest BCUT2D eigenvalue weighted by molar-refractivity contribution is 9.10. The first-order valence-corrected chi connectivity index (χ1v) is 5.68. The van der Waals surface area contributed by atoms with Crippen LogP contribution in [0.15, 0.2) is 41.0 Å². The first-order chi connectivity index (χ1) is 7.27. The zero-order valence-electron chi connectivity index (χ0n) is 8.55. The molecule has 0 aliphatic rings. The molecule has 1 aromatic carbocycles. The Hall–Kier alpha value is -1.22. The molecule has 3 heteroatoms. The molecular weight excluding hydrogens is 252 g/mol. The molecule has 15 heavy (non-hydrogen) atoms. The smallest absolute Gasteiger partial charge is 0.0551 e.